The number of esters is 1. The fourth-order valence-corrected chi connectivity index (χ4v) is 4.80. The number of carbonyl (C=O) groups is 2. The van der Waals surface area contributed by atoms with Crippen LogP contribution >= 0.6 is 0 Å². The minimum atomic E-state index is -0.611. The molecule has 1 heterocycles. The minimum Gasteiger partial charge on any atom is -0.508 e. The van der Waals surface area contributed by atoms with Crippen molar-refractivity contribution in [3.8, 4) is 17.2 Å². The highest BCUT2D eigenvalue weighted by Gasteiger charge is 2.41. The highest BCUT2D eigenvalue weighted by atomic mass is 16.5. The van der Waals surface area contributed by atoms with Crippen LogP contribution in [0.15, 0.2) is 65.0 Å². The highest BCUT2D eigenvalue weighted by molar-refractivity contribution is 6.04. The van der Waals surface area contributed by atoms with Crippen LogP contribution in [-0.2, 0) is 14.3 Å². The zero-order valence-corrected chi connectivity index (χ0v) is 19.1. The summed E-state index contributed by atoms with van der Waals surface area (Å²) in [5, 5.41) is 13.4. The van der Waals surface area contributed by atoms with Gasteiger partial charge in [0.25, 0.3) is 0 Å². The van der Waals surface area contributed by atoms with Crippen LogP contribution < -0.4 is 14.8 Å². The fourth-order valence-electron chi connectivity index (χ4n) is 4.80. The van der Waals surface area contributed by atoms with Crippen LogP contribution in [0.25, 0.3) is 0 Å². The molecule has 7 heteroatoms. The third kappa shape index (κ3) is 4.06. The summed E-state index contributed by atoms with van der Waals surface area (Å²) in [4.78, 5) is 26.2. The summed E-state index contributed by atoms with van der Waals surface area (Å²) < 4.78 is 15.8. The summed E-state index contributed by atoms with van der Waals surface area (Å²) >= 11 is 0. The van der Waals surface area contributed by atoms with Gasteiger partial charge >= 0.3 is 5.97 Å². The van der Waals surface area contributed by atoms with E-state index in [1.165, 1.54) is 7.11 Å². The molecule has 2 atom stereocenters. The number of methoxy groups -OCH3 is 3. The number of rotatable bonds is 5. The molecule has 2 aromatic rings. The summed E-state index contributed by atoms with van der Waals surface area (Å²) in [6.45, 7) is 1.80. The van der Waals surface area contributed by atoms with Crippen LogP contribution in [0, 0.1) is 0 Å². The summed E-state index contributed by atoms with van der Waals surface area (Å²) in [5.74, 6) is 0.0903. The van der Waals surface area contributed by atoms with Crippen molar-refractivity contribution < 1.29 is 28.9 Å². The maximum absolute atomic E-state index is 13.5. The summed E-state index contributed by atoms with van der Waals surface area (Å²) in [7, 11) is 4.49. The third-order valence-electron chi connectivity index (χ3n) is 6.32. The number of aromatic hydroxyl groups is 1. The van der Waals surface area contributed by atoms with E-state index in [1.54, 1.807) is 39.3 Å². The molecule has 0 bridgehead atoms. The second-order valence-electron chi connectivity index (χ2n) is 8.22. The second-order valence-corrected chi connectivity index (χ2v) is 8.22. The maximum atomic E-state index is 13.5. The van der Waals surface area contributed by atoms with E-state index in [2.05, 4.69) is 5.32 Å². The van der Waals surface area contributed by atoms with E-state index in [0.717, 1.165) is 11.3 Å². The first-order chi connectivity index (χ1) is 15.9. The largest absolute Gasteiger partial charge is 0.508 e. The SMILES string of the molecule is COC(=O)C1=C(C)NC2=C(C(=O)C[C@H](c3ccc(OC)c(OC)c3)C2)[C@H]1c1cccc(O)c1. The van der Waals surface area contributed by atoms with Gasteiger partial charge in [-0.05, 0) is 54.7 Å². The maximum Gasteiger partial charge on any atom is 0.336 e. The third-order valence-corrected chi connectivity index (χ3v) is 6.32. The number of ether oxygens (including phenoxy) is 3. The number of carbonyl (C=O) groups excluding carboxylic acids is 2. The van der Waals surface area contributed by atoms with Crippen molar-refractivity contribution in [2.45, 2.75) is 31.6 Å². The van der Waals surface area contributed by atoms with Crippen LogP contribution in [-0.4, -0.2) is 38.2 Å². The zero-order valence-electron chi connectivity index (χ0n) is 19.1. The Bertz CT molecular complexity index is 1180. The van der Waals surface area contributed by atoms with Gasteiger partial charge < -0.3 is 24.6 Å². The number of ketones is 1. The predicted molar refractivity (Wildman–Crippen MR) is 122 cm³/mol. The molecule has 0 amide bonds. The van der Waals surface area contributed by atoms with Crippen LogP contribution in [0.4, 0.5) is 0 Å². The van der Waals surface area contributed by atoms with Gasteiger partial charge in [0.05, 0.1) is 26.9 Å². The first-order valence-electron chi connectivity index (χ1n) is 10.7. The molecule has 0 saturated carbocycles. The Labute approximate surface area is 192 Å². The lowest BCUT2D eigenvalue weighted by Crippen LogP contribution is -2.36. The van der Waals surface area contributed by atoms with Crippen molar-refractivity contribution in [1.82, 2.24) is 5.32 Å². The number of nitrogens with one attached hydrogen (secondary N) is 1. The number of benzene rings is 2. The van der Waals surface area contributed by atoms with Crippen molar-refractivity contribution >= 4 is 11.8 Å². The zero-order chi connectivity index (χ0) is 23.7. The molecular formula is C26H27NO6. The van der Waals surface area contributed by atoms with E-state index >= 15 is 0 Å². The van der Waals surface area contributed by atoms with Crippen LogP contribution in [0.2, 0.25) is 0 Å². The van der Waals surface area contributed by atoms with Gasteiger partial charge in [-0.15, -0.1) is 0 Å². The van der Waals surface area contributed by atoms with Gasteiger partial charge in [-0.3, -0.25) is 4.79 Å². The van der Waals surface area contributed by atoms with Gasteiger partial charge in [-0.1, -0.05) is 18.2 Å². The van der Waals surface area contributed by atoms with E-state index in [-0.39, 0.29) is 17.5 Å². The van der Waals surface area contributed by atoms with Crippen molar-refractivity contribution in [3.05, 3.63) is 76.1 Å². The molecule has 2 aromatic carbocycles. The molecule has 1 aliphatic heterocycles. The molecule has 1 aliphatic carbocycles. The predicted octanol–water partition coefficient (Wildman–Crippen LogP) is 3.94. The molecule has 4 rings (SSSR count). The number of Topliss-reactive ketones (excluding diaryl/α,β-unsaturated/α-hetero) is 1. The van der Waals surface area contributed by atoms with Crippen molar-refractivity contribution in [2.75, 3.05) is 21.3 Å². The monoisotopic (exact) mass is 449 g/mol. The first kappa shape index (κ1) is 22.5. The lowest BCUT2D eigenvalue weighted by atomic mass is 9.71. The quantitative estimate of drug-likeness (QED) is 0.668. The Morgan fingerprint density at radius 1 is 1.00 bits per heavy atom. The van der Waals surface area contributed by atoms with Crippen LogP contribution in [0.5, 0.6) is 17.2 Å². The molecule has 0 aromatic heterocycles. The molecule has 0 saturated heterocycles. The van der Waals surface area contributed by atoms with E-state index < -0.39 is 11.9 Å². The molecule has 7 nitrogen and oxygen atoms in total. The Morgan fingerprint density at radius 2 is 1.76 bits per heavy atom. The van der Waals surface area contributed by atoms with E-state index in [1.807, 2.05) is 24.3 Å². The Kier molecular flexibility index (Phi) is 6.14. The summed E-state index contributed by atoms with van der Waals surface area (Å²) in [5.41, 5.74) is 3.98. The van der Waals surface area contributed by atoms with Gasteiger partial charge in [0.1, 0.15) is 5.75 Å². The van der Waals surface area contributed by atoms with Crippen molar-refractivity contribution in [2.24, 2.45) is 0 Å². The first-order valence-corrected chi connectivity index (χ1v) is 10.7. The molecule has 0 unspecified atom stereocenters. The average molecular weight is 450 g/mol. The Morgan fingerprint density at radius 3 is 2.42 bits per heavy atom. The highest BCUT2D eigenvalue weighted by Crippen LogP contribution is 2.46. The average Bonchev–Trinajstić information content (AvgIpc) is 2.82. The van der Waals surface area contributed by atoms with Crippen molar-refractivity contribution in [3.63, 3.8) is 0 Å². The topological polar surface area (TPSA) is 94.1 Å². The van der Waals surface area contributed by atoms with Gasteiger partial charge in [0.2, 0.25) is 0 Å². The standard InChI is InChI=1S/C26H27NO6/c1-14-23(26(30)33-4)24(16-6-5-7-18(28)10-16)25-19(27-14)11-17(12-20(25)29)15-8-9-21(31-2)22(13-15)32-3/h5-10,13,17,24,27-28H,11-12H2,1-4H3/t17-,24+/m1/s1. The lowest BCUT2D eigenvalue weighted by molar-refractivity contribution is -0.136. The molecular weight excluding hydrogens is 422 g/mol. The molecule has 2 aliphatic rings. The Hall–Kier alpha value is -3.74. The Balaban J connectivity index is 1.78. The van der Waals surface area contributed by atoms with Crippen LogP contribution in [0.1, 0.15) is 42.7 Å². The smallest absolute Gasteiger partial charge is 0.336 e. The summed E-state index contributed by atoms with van der Waals surface area (Å²) in [6.07, 6.45) is 0.885. The molecule has 33 heavy (non-hydrogen) atoms. The number of dihydropyridines is 1. The van der Waals surface area contributed by atoms with E-state index in [4.69, 9.17) is 14.2 Å². The minimum absolute atomic E-state index is 0.0502. The number of phenols is 1. The molecule has 2 N–H and O–H groups in total. The molecule has 0 fully saturated rings. The second kappa shape index (κ2) is 9.02. The number of hydrogen-bond acceptors (Lipinski definition) is 7. The molecule has 0 radical (unpaired) electrons. The fraction of sp³-hybridized carbons (Fsp3) is 0.308. The molecule has 172 valence electrons. The number of allylic oxidation sites excluding steroid dienone is 3. The van der Waals surface area contributed by atoms with E-state index in [9.17, 15) is 14.7 Å². The number of hydrogen-bond donors (Lipinski definition) is 2. The summed E-state index contributed by atoms with van der Waals surface area (Å²) in [6, 6.07) is 12.4. The molecule has 0 spiro atoms. The van der Waals surface area contributed by atoms with Gasteiger partial charge in [-0.25, -0.2) is 4.79 Å². The number of phenolic OH excluding ortho intramolecular Hbond substituents is 1. The van der Waals surface area contributed by atoms with Crippen LogP contribution in [0.3, 0.4) is 0 Å². The van der Waals surface area contributed by atoms with Gasteiger partial charge in [0.15, 0.2) is 17.3 Å². The van der Waals surface area contributed by atoms with Crippen molar-refractivity contribution in [1.29, 1.82) is 0 Å². The van der Waals surface area contributed by atoms with E-state index in [0.29, 0.717) is 46.7 Å². The van der Waals surface area contributed by atoms with Gasteiger partial charge in [0, 0.05) is 29.3 Å². The lowest BCUT2D eigenvalue weighted by Gasteiger charge is -2.36. The normalized spacial score (nSPS) is 20.2. The van der Waals surface area contributed by atoms with Gasteiger partial charge in [-0.2, -0.15) is 0 Å².